The van der Waals surface area contributed by atoms with E-state index in [0.29, 0.717) is 10.0 Å². The first-order valence-electron chi connectivity index (χ1n) is 5.40. The second-order valence-electron chi connectivity index (χ2n) is 3.80. The van der Waals surface area contributed by atoms with Crippen molar-refractivity contribution >= 4 is 33.0 Å². The Hall–Kier alpha value is -1.64. The van der Waals surface area contributed by atoms with Crippen LogP contribution in [0, 0.1) is 0 Å². The monoisotopic (exact) mass is 356 g/mol. The number of benzene rings is 1. The van der Waals surface area contributed by atoms with E-state index in [1.807, 2.05) is 0 Å². The fraction of sp³-hybridized carbons (Fsp3) is 0.0833. The van der Waals surface area contributed by atoms with Crippen LogP contribution in [0.1, 0.15) is 16.2 Å². The predicted octanol–water partition coefficient (Wildman–Crippen LogP) is 2.33. The Labute approximate surface area is 125 Å². The fourth-order valence-electron chi connectivity index (χ4n) is 1.61. The third-order valence-corrected chi connectivity index (χ3v) is 3.65. The summed E-state index contributed by atoms with van der Waals surface area (Å²) < 4.78 is 20.4. The van der Waals surface area contributed by atoms with Crippen LogP contribution in [0.2, 0.25) is 0 Å². The van der Waals surface area contributed by atoms with E-state index < -0.39 is 17.0 Å². The standard InChI is InChI=1S/C12H9BrN2O4S/c13-9-4-2-1-3-7(9)11-8(12(16)17)5-14-10(15-11)6-20(18)19/h1-5H,6H2,(H,16,17)(H,18,19). The molecule has 0 aliphatic heterocycles. The lowest BCUT2D eigenvalue weighted by molar-refractivity contribution is 0.0697. The average Bonchev–Trinajstić information content (AvgIpc) is 2.38. The molecule has 1 unspecified atom stereocenters. The van der Waals surface area contributed by atoms with E-state index in [-0.39, 0.29) is 22.8 Å². The van der Waals surface area contributed by atoms with E-state index in [9.17, 15) is 14.1 Å². The van der Waals surface area contributed by atoms with Gasteiger partial charge in [0.05, 0.1) is 5.69 Å². The zero-order chi connectivity index (χ0) is 14.7. The Kier molecular flexibility index (Phi) is 4.58. The molecule has 1 aromatic heterocycles. The van der Waals surface area contributed by atoms with Crippen LogP contribution in [0.15, 0.2) is 34.9 Å². The molecule has 0 saturated heterocycles. The lowest BCUT2D eigenvalue weighted by Gasteiger charge is -2.08. The zero-order valence-corrected chi connectivity index (χ0v) is 12.4. The SMILES string of the molecule is O=C(O)c1cnc(CS(=O)O)nc1-c1ccccc1Br. The highest BCUT2D eigenvalue weighted by Crippen LogP contribution is 2.29. The number of carbonyl (C=O) groups is 1. The molecule has 2 rings (SSSR count). The van der Waals surface area contributed by atoms with E-state index in [4.69, 9.17) is 4.55 Å². The van der Waals surface area contributed by atoms with Gasteiger partial charge in [-0.2, -0.15) is 0 Å². The minimum Gasteiger partial charge on any atom is -0.478 e. The van der Waals surface area contributed by atoms with Crippen molar-refractivity contribution in [3.05, 3.63) is 46.3 Å². The van der Waals surface area contributed by atoms with Crippen LogP contribution >= 0.6 is 15.9 Å². The Morgan fingerprint density at radius 2 is 2.05 bits per heavy atom. The highest BCUT2D eigenvalue weighted by molar-refractivity contribution is 9.10. The lowest BCUT2D eigenvalue weighted by Crippen LogP contribution is -2.08. The van der Waals surface area contributed by atoms with Gasteiger partial charge in [-0.15, -0.1) is 0 Å². The summed E-state index contributed by atoms with van der Waals surface area (Å²) in [6.07, 6.45) is 1.15. The lowest BCUT2D eigenvalue weighted by atomic mass is 10.1. The highest BCUT2D eigenvalue weighted by Gasteiger charge is 2.17. The molecule has 0 fully saturated rings. The van der Waals surface area contributed by atoms with Gasteiger partial charge in [0.1, 0.15) is 17.1 Å². The molecule has 2 aromatic rings. The average molecular weight is 357 g/mol. The third kappa shape index (κ3) is 3.27. The Morgan fingerprint density at radius 3 is 2.65 bits per heavy atom. The van der Waals surface area contributed by atoms with Crippen LogP contribution in [0.4, 0.5) is 0 Å². The van der Waals surface area contributed by atoms with Gasteiger partial charge in [-0.3, -0.25) is 0 Å². The van der Waals surface area contributed by atoms with Crippen molar-refractivity contribution in [2.24, 2.45) is 0 Å². The van der Waals surface area contributed by atoms with Gasteiger partial charge >= 0.3 is 5.97 Å². The topological polar surface area (TPSA) is 100 Å². The summed E-state index contributed by atoms with van der Waals surface area (Å²) in [6.45, 7) is 0. The van der Waals surface area contributed by atoms with Crippen LogP contribution in [-0.2, 0) is 16.8 Å². The minimum absolute atomic E-state index is 0.0654. The Morgan fingerprint density at radius 1 is 1.35 bits per heavy atom. The molecule has 1 aromatic carbocycles. The molecule has 0 bridgehead atoms. The molecular formula is C12H9BrN2O4S. The van der Waals surface area contributed by atoms with Gasteiger partial charge in [-0.05, 0) is 6.07 Å². The summed E-state index contributed by atoms with van der Waals surface area (Å²) in [4.78, 5) is 19.1. The number of carboxylic acids is 1. The molecule has 1 heterocycles. The van der Waals surface area contributed by atoms with Crippen molar-refractivity contribution in [1.82, 2.24) is 9.97 Å². The largest absolute Gasteiger partial charge is 0.478 e. The first-order chi connectivity index (χ1) is 9.49. The van der Waals surface area contributed by atoms with Crippen molar-refractivity contribution in [2.45, 2.75) is 5.75 Å². The van der Waals surface area contributed by atoms with Crippen molar-refractivity contribution in [2.75, 3.05) is 0 Å². The number of rotatable bonds is 4. The molecule has 8 heteroatoms. The van der Waals surface area contributed by atoms with Gasteiger partial charge in [0.15, 0.2) is 11.1 Å². The first kappa shape index (κ1) is 14.8. The second-order valence-corrected chi connectivity index (χ2v) is 5.59. The van der Waals surface area contributed by atoms with Gasteiger partial charge in [0.25, 0.3) is 0 Å². The molecule has 2 N–H and O–H groups in total. The van der Waals surface area contributed by atoms with Gasteiger partial charge in [-0.25, -0.2) is 19.0 Å². The quantitative estimate of drug-likeness (QED) is 0.815. The maximum Gasteiger partial charge on any atom is 0.339 e. The summed E-state index contributed by atoms with van der Waals surface area (Å²) in [5, 5.41) is 9.19. The van der Waals surface area contributed by atoms with Crippen LogP contribution < -0.4 is 0 Å². The van der Waals surface area contributed by atoms with Crippen LogP contribution in [-0.4, -0.2) is 29.8 Å². The number of aromatic carboxylic acids is 1. The van der Waals surface area contributed by atoms with Crippen molar-refractivity contribution < 1.29 is 18.7 Å². The number of carboxylic acid groups (broad SMARTS) is 1. The maximum atomic E-state index is 11.2. The maximum absolute atomic E-state index is 11.2. The molecule has 20 heavy (non-hydrogen) atoms. The summed E-state index contributed by atoms with van der Waals surface area (Å²) in [6, 6.07) is 7.00. The molecule has 1 atom stereocenters. The van der Waals surface area contributed by atoms with E-state index in [1.54, 1.807) is 24.3 Å². The van der Waals surface area contributed by atoms with Gasteiger partial charge in [0.2, 0.25) is 0 Å². The summed E-state index contributed by atoms with van der Waals surface area (Å²) >= 11 is 1.24. The molecule has 0 aliphatic rings. The normalized spacial score (nSPS) is 12.1. The zero-order valence-electron chi connectivity index (χ0n) is 9.99. The number of hydrogen-bond acceptors (Lipinski definition) is 4. The predicted molar refractivity (Wildman–Crippen MR) is 76.6 cm³/mol. The van der Waals surface area contributed by atoms with E-state index in [0.717, 1.165) is 6.20 Å². The fourth-order valence-corrected chi connectivity index (χ4v) is 2.45. The molecule has 104 valence electrons. The summed E-state index contributed by atoms with van der Waals surface area (Å²) in [5.74, 6) is -1.30. The summed E-state index contributed by atoms with van der Waals surface area (Å²) in [7, 11) is 0. The highest BCUT2D eigenvalue weighted by atomic mass is 79.9. The van der Waals surface area contributed by atoms with Gasteiger partial charge < -0.3 is 9.66 Å². The second kappa shape index (κ2) is 6.21. The van der Waals surface area contributed by atoms with Crippen LogP contribution in [0.5, 0.6) is 0 Å². The van der Waals surface area contributed by atoms with Crippen molar-refractivity contribution in [3.63, 3.8) is 0 Å². The smallest absolute Gasteiger partial charge is 0.339 e. The van der Waals surface area contributed by atoms with Crippen molar-refractivity contribution in [1.29, 1.82) is 0 Å². The molecule has 0 aliphatic carbocycles. The van der Waals surface area contributed by atoms with E-state index >= 15 is 0 Å². The van der Waals surface area contributed by atoms with Crippen LogP contribution in [0.3, 0.4) is 0 Å². The van der Waals surface area contributed by atoms with Gasteiger partial charge in [0, 0.05) is 16.2 Å². The number of nitrogens with zero attached hydrogens (tertiary/aromatic N) is 2. The number of hydrogen-bond donors (Lipinski definition) is 2. The van der Waals surface area contributed by atoms with E-state index in [1.165, 1.54) is 0 Å². The first-order valence-corrected chi connectivity index (χ1v) is 7.47. The molecular weight excluding hydrogens is 348 g/mol. The van der Waals surface area contributed by atoms with E-state index in [2.05, 4.69) is 25.9 Å². The van der Waals surface area contributed by atoms with Crippen LogP contribution in [0.25, 0.3) is 11.3 Å². The molecule has 0 saturated carbocycles. The molecule has 0 spiro atoms. The minimum atomic E-state index is -2.09. The third-order valence-electron chi connectivity index (χ3n) is 2.45. The van der Waals surface area contributed by atoms with Gasteiger partial charge in [-0.1, -0.05) is 34.1 Å². The summed E-state index contributed by atoms with van der Waals surface area (Å²) in [5.41, 5.74) is 0.724. The molecule has 0 amide bonds. The number of halogens is 1. The molecule has 6 nitrogen and oxygen atoms in total. The Bertz CT molecular complexity index is 693. The Balaban J connectivity index is 2.61. The number of aromatic nitrogens is 2. The van der Waals surface area contributed by atoms with Crippen molar-refractivity contribution in [3.8, 4) is 11.3 Å². The molecule has 0 radical (unpaired) electrons.